The molecule has 0 N–H and O–H groups in total. The third-order valence-corrected chi connectivity index (χ3v) is 2.54. The lowest BCUT2D eigenvalue weighted by atomic mass is 10.1. The average molecular weight is 212 g/mol. The fourth-order valence-electron chi connectivity index (χ4n) is 1.93. The van der Waals surface area contributed by atoms with Crippen LogP contribution in [0.2, 0.25) is 0 Å². The van der Waals surface area contributed by atoms with E-state index in [1.165, 1.54) is 0 Å². The molecule has 3 nitrogen and oxygen atoms in total. The minimum Gasteiger partial charge on any atom is -0.444 e. The molecule has 1 fully saturated rings. The third kappa shape index (κ3) is 3.73. The predicted octanol–water partition coefficient (Wildman–Crippen LogP) is 3.00. The summed E-state index contributed by atoms with van der Waals surface area (Å²) in [4.78, 5) is 13.7. The van der Waals surface area contributed by atoms with E-state index in [-0.39, 0.29) is 6.09 Å². The standard InChI is InChI=1S/C12H22NO2/c1-5-7-10-8-6-9-13(10)11(14)15-12(2,3)4/h10H,1,5-9H2,2-4H3. The molecular weight excluding hydrogens is 190 g/mol. The molecule has 1 heterocycles. The molecule has 0 saturated carbocycles. The van der Waals surface area contributed by atoms with Crippen LogP contribution < -0.4 is 0 Å². The summed E-state index contributed by atoms with van der Waals surface area (Å²) in [5, 5.41) is 0. The van der Waals surface area contributed by atoms with Crippen LogP contribution in [0.4, 0.5) is 4.79 Å². The lowest BCUT2D eigenvalue weighted by Crippen LogP contribution is -2.39. The van der Waals surface area contributed by atoms with Crippen LogP contribution in [0.15, 0.2) is 0 Å². The summed E-state index contributed by atoms with van der Waals surface area (Å²) in [7, 11) is 0. The fraction of sp³-hybridized carbons (Fsp3) is 0.833. The molecule has 1 radical (unpaired) electrons. The Morgan fingerprint density at radius 1 is 1.53 bits per heavy atom. The van der Waals surface area contributed by atoms with Gasteiger partial charge >= 0.3 is 6.09 Å². The highest BCUT2D eigenvalue weighted by Gasteiger charge is 2.31. The number of amides is 1. The van der Waals surface area contributed by atoms with Gasteiger partial charge in [-0.2, -0.15) is 0 Å². The average Bonchev–Trinajstić information content (AvgIpc) is 2.49. The Labute approximate surface area is 92.8 Å². The Kier molecular flexibility index (Phi) is 4.00. The van der Waals surface area contributed by atoms with Crippen molar-refractivity contribution in [2.45, 2.75) is 58.1 Å². The van der Waals surface area contributed by atoms with E-state index in [1.54, 1.807) is 0 Å². The zero-order valence-electron chi connectivity index (χ0n) is 10.1. The Bertz CT molecular complexity index is 220. The summed E-state index contributed by atoms with van der Waals surface area (Å²) in [6, 6.07) is 0.345. The van der Waals surface area contributed by atoms with Crippen molar-refractivity contribution >= 4 is 6.09 Å². The number of carbonyl (C=O) groups is 1. The van der Waals surface area contributed by atoms with E-state index in [9.17, 15) is 4.79 Å². The molecular formula is C12H22NO2. The molecule has 1 rings (SSSR count). The van der Waals surface area contributed by atoms with Gasteiger partial charge in [0.25, 0.3) is 0 Å². The topological polar surface area (TPSA) is 29.5 Å². The molecule has 1 atom stereocenters. The van der Waals surface area contributed by atoms with Gasteiger partial charge < -0.3 is 9.64 Å². The maximum Gasteiger partial charge on any atom is 0.410 e. The van der Waals surface area contributed by atoms with Crippen LogP contribution in [-0.4, -0.2) is 29.2 Å². The van der Waals surface area contributed by atoms with Crippen LogP contribution in [0.3, 0.4) is 0 Å². The van der Waals surface area contributed by atoms with Crippen molar-refractivity contribution in [3.63, 3.8) is 0 Å². The van der Waals surface area contributed by atoms with Gasteiger partial charge in [-0.05, 0) is 40.0 Å². The van der Waals surface area contributed by atoms with Crippen LogP contribution in [0.5, 0.6) is 0 Å². The minimum atomic E-state index is -0.394. The highest BCUT2D eigenvalue weighted by molar-refractivity contribution is 5.68. The fourth-order valence-corrected chi connectivity index (χ4v) is 1.93. The number of likely N-dealkylation sites (tertiary alicyclic amines) is 1. The van der Waals surface area contributed by atoms with Crippen LogP contribution >= 0.6 is 0 Å². The molecule has 1 aliphatic heterocycles. The van der Waals surface area contributed by atoms with E-state index >= 15 is 0 Å². The highest BCUT2D eigenvalue weighted by Crippen LogP contribution is 2.23. The Hall–Kier alpha value is -0.730. The van der Waals surface area contributed by atoms with Crippen molar-refractivity contribution in [3.8, 4) is 0 Å². The van der Waals surface area contributed by atoms with Gasteiger partial charge in [0.05, 0.1) is 0 Å². The monoisotopic (exact) mass is 212 g/mol. The van der Waals surface area contributed by atoms with E-state index in [4.69, 9.17) is 4.74 Å². The molecule has 0 aromatic rings. The van der Waals surface area contributed by atoms with Gasteiger partial charge in [0.15, 0.2) is 0 Å². The first-order chi connectivity index (χ1) is 6.94. The molecule has 1 aliphatic rings. The smallest absolute Gasteiger partial charge is 0.410 e. The molecule has 0 aromatic heterocycles. The molecule has 15 heavy (non-hydrogen) atoms. The summed E-state index contributed by atoms with van der Waals surface area (Å²) in [6.45, 7) is 10.4. The van der Waals surface area contributed by atoms with E-state index < -0.39 is 5.60 Å². The highest BCUT2D eigenvalue weighted by atomic mass is 16.6. The van der Waals surface area contributed by atoms with Crippen molar-refractivity contribution in [1.82, 2.24) is 4.90 Å². The lowest BCUT2D eigenvalue weighted by Gasteiger charge is -2.28. The van der Waals surface area contributed by atoms with Crippen molar-refractivity contribution in [2.75, 3.05) is 6.54 Å². The zero-order chi connectivity index (χ0) is 11.5. The van der Waals surface area contributed by atoms with Crippen molar-refractivity contribution in [1.29, 1.82) is 0 Å². The second-order valence-electron chi connectivity index (χ2n) is 5.11. The summed E-state index contributed by atoms with van der Waals surface area (Å²) in [6.07, 6.45) is 3.88. The Balaban J connectivity index is 2.51. The number of carbonyl (C=O) groups excluding carboxylic acids is 1. The largest absolute Gasteiger partial charge is 0.444 e. The van der Waals surface area contributed by atoms with Crippen LogP contribution in [0.25, 0.3) is 0 Å². The zero-order valence-corrected chi connectivity index (χ0v) is 10.1. The van der Waals surface area contributed by atoms with Crippen LogP contribution in [0.1, 0.15) is 46.5 Å². The van der Waals surface area contributed by atoms with Crippen molar-refractivity contribution in [2.24, 2.45) is 0 Å². The molecule has 0 bridgehead atoms. The molecule has 0 aliphatic carbocycles. The predicted molar refractivity (Wildman–Crippen MR) is 60.6 cm³/mol. The molecule has 1 saturated heterocycles. The second kappa shape index (κ2) is 4.86. The first-order valence-electron chi connectivity index (χ1n) is 5.73. The first-order valence-corrected chi connectivity index (χ1v) is 5.73. The Morgan fingerprint density at radius 2 is 2.20 bits per heavy atom. The van der Waals surface area contributed by atoms with Gasteiger partial charge in [0, 0.05) is 12.6 Å². The normalized spacial score (nSPS) is 21.9. The first kappa shape index (κ1) is 12.3. The van der Waals surface area contributed by atoms with Gasteiger partial charge in [-0.1, -0.05) is 13.3 Å². The van der Waals surface area contributed by atoms with Gasteiger partial charge in [-0.3, -0.25) is 0 Å². The number of rotatable bonds is 2. The molecule has 87 valence electrons. The van der Waals surface area contributed by atoms with E-state index in [0.717, 1.165) is 32.2 Å². The van der Waals surface area contributed by atoms with Gasteiger partial charge in [-0.15, -0.1) is 0 Å². The second-order valence-corrected chi connectivity index (χ2v) is 5.11. The molecule has 0 spiro atoms. The summed E-state index contributed by atoms with van der Waals surface area (Å²) < 4.78 is 5.36. The molecule has 1 amide bonds. The third-order valence-electron chi connectivity index (χ3n) is 2.54. The Morgan fingerprint density at radius 3 is 2.73 bits per heavy atom. The van der Waals surface area contributed by atoms with Gasteiger partial charge in [0.2, 0.25) is 0 Å². The van der Waals surface area contributed by atoms with Crippen LogP contribution in [0, 0.1) is 6.92 Å². The van der Waals surface area contributed by atoms with E-state index in [0.29, 0.717) is 6.04 Å². The number of hydrogen-bond acceptors (Lipinski definition) is 2. The SMILES string of the molecule is [CH2]CCC1CCCN1C(=O)OC(C)(C)C. The van der Waals surface area contributed by atoms with E-state index in [2.05, 4.69) is 6.92 Å². The molecule has 3 heteroatoms. The maximum atomic E-state index is 11.8. The summed E-state index contributed by atoms with van der Waals surface area (Å²) in [5.41, 5.74) is -0.394. The number of hydrogen-bond donors (Lipinski definition) is 0. The number of nitrogens with zero attached hydrogens (tertiary/aromatic N) is 1. The molecule has 0 aromatic carbocycles. The maximum absolute atomic E-state index is 11.8. The number of ether oxygens (including phenoxy) is 1. The van der Waals surface area contributed by atoms with Gasteiger partial charge in [-0.25, -0.2) is 4.79 Å². The minimum absolute atomic E-state index is 0.168. The van der Waals surface area contributed by atoms with Crippen molar-refractivity contribution < 1.29 is 9.53 Å². The summed E-state index contributed by atoms with van der Waals surface area (Å²) in [5.74, 6) is 0. The lowest BCUT2D eigenvalue weighted by molar-refractivity contribution is 0.0221. The molecule has 1 unspecified atom stereocenters. The van der Waals surface area contributed by atoms with E-state index in [1.807, 2.05) is 25.7 Å². The van der Waals surface area contributed by atoms with Crippen molar-refractivity contribution in [3.05, 3.63) is 6.92 Å². The quantitative estimate of drug-likeness (QED) is 0.704. The van der Waals surface area contributed by atoms with Crippen LogP contribution in [-0.2, 0) is 4.74 Å². The summed E-state index contributed by atoms with van der Waals surface area (Å²) >= 11 is 0. The van der Waals surface area contributed by atoms with Gasteiger partial charge in [0.1, 0.15) is 5.60 Å².